The summed E-state index contributed by atoms with van der Waals surface area (Å²) in [6.07, 6.45) is 1.43. The summed E-state index contributed by atoms with van der Waals surface area (Å²) in [5.41, 5.74) is 2.53. The highest BCUT2D eigenvalue weighted by atomic mass is 32.2. The lowest BCUT2D eigenvalue weighted by molar-refractivity contribution is 0.0665. The highest BCUT2D eigenvalue weighted by Gasteiger charge is 2.29. The van der Waals surface area contributed by atoms with E-state index in [2.05, 4.69) is 5.32 Å². The monoisotopic (exact) mass is 467 g/mol. The van der Waals surface area contributed by atoms with E-state index >= 15 is 0 Å². The number of amides is 2. The SMILES string of the molecule is O=C(NCCS(=O)(=O)N1CCN(C(=O)c2ccco2)CC1)c1ccc(-c2ccccc2)cc1. The number of nitrogens with zero attached hydrogens (tertiary/aromatic N) is 2. The Hall–Kier alpha value is -3.43. The Morgan fingerprint density at radius 3 is 2.15 bits per heavy atom. The predicted octanol–water partition coefficient (Wildman–Crippen LogP) is 2.46. The zero-order valence-corrected chi connectivity index (χ0v) is 18.8. The third-order valence-electron chi connectivity index (χ3n) is 5.55. The predicted molar refractivity (Wildman–Crippen MR) is 124 cm³/mol. The van der Waals surface area contributed by atoms with Crippen LogP contribution in [-0.4, -0.2) is 67.9 Å². The average molecular weight is 468 g/mol. The van der Waals surface area contributed by atoms with E-state index in [9.17, 15) is 18.0 Å². The maximum absolute atomic E-state index is 12.7. The molecule has 33 heavy (non-hydrogen) atoms. The smallest absolute Gasteiger partial charge is 0.289 e. The first-order valence-electron chi connectivity index (χ1n) is 10.7. The van der Waals surface area contributed by atoms with Crippen molar-refractivity contribution in [1.82, 2.24) is 14.5 Å². The summed E-state index contributed by atoms with van der Waals surface area (Å²) in [6, 6.07) is 20.2. The van der Waals surface area contributed by atoms with Gasteiger partial charge in [-0.25, -0.2) is 8.42 Å². The molecule has 2 heterocycles. The fraction of sp³-hybridized carbons (Fsp3) is 0.250. The van der Waals surface area contributed by atoms with Gasteiger partial charge < -0.3 is 14.6 Å². The third-order valence-corrected chi connectivity index (χ3v) is 7.42. The maximum atomic E-state index is 12.7. The van der Waals surface area contributed by atoms with E-state index in [1.165, 1.54) is 10.6 Å². The molecule has 1 saturated heterocycles. The van der Waals surface area contributed by atoms with E-state index in [0.717, 1.165) is 11.1 Å². The molecule has 172 valence electrons. The second kappa shape index (κ2) is 10.0. The molecule has 1 aliphatic heterocycles. The first-order chi connectivity index (χ1) is 15.9. The first-order valence-corrected chi connectivity index (χ1v) is 12.3. The number of nitrogens with one attached hydrogen (secondary N) is 1. The van der Waals surface area contributed by atoms with Crippen LogP contribution in [-0.2, 0) is 10.0 Å². The van der Waals surface area contributed by atoms with Gasteiger partial charge in [0.1, 0.15) is 0 Å². The summed E-state index contributed by atoms with van der Waals surface area (Å²) in [5.74, 6) is -0.528. The summed E-state index contributed by atoms with van der Waals surface area (Å²) in [4.78, 5) is 26.3. The number of hydrogen-bond acceptors (Lipinski definition) is 5. The fourth-order valence-electron chi connectivity index (χ4n) is 3.69. The lowest BCUT2D eigenvalue weighted by Crippen LogP contribution is -2.51. The van der Waals surface area contributed by atoms with Crippen LogP contribution >= 0.6 is 0 Å². The molecular weight excluding hydrogens is 442 g/mol. The Balaban J connectivity index is 1.25. The molecule has 1 N–H and O–H groups in total. The van der Waals surface area contributed by atoms with Gasteiger partial charge in [0.05, 0.1) is 12.0 Å². The highest BCUT2D eigenvalue weighted by Crippen LogP contribution is 2.19. The van der Waals surface area contributed by atoms with Crippen molar-refractivity contribution in [2.75, 3.05) is 38.5 Å². The average Bonchev–Trinajstić information content (AvgIpc) is 3.39. The van der Waals surface area contributed by atoms with Crippen LogP contribution < -0.4 is 5.32 Å². The van der Waals surface area contributed by atoms with Crippen molar-refractivity contribution in [3.05, 3.63) is 84.3 Å². The minimum absolute atomic E-state index is 0.00709. The third kappa shape index (κ3) is 5.50. The van der Waals surface area contributed by atoms with Crippen LogP contribution in [0.1, 0.15) is 20.9 Å². The Morgan fingerprint density at radius 2 is 1.52 bits per heavy atom. The Bertz CT molecular complexity index is 1180. The van der Waals surface area contributed by atoms with Gasteiger partial charge in [0, 0.05) is 38.3 Å². The van der Waals surface area contributed by atoms with Crippen molar-refractivity contribution in [2.24, 2.45) is 0 Å². The number of carbonyl (C=O) groups is 2. The molecule has 0 bridgehead atoms. The Morgan fingerprint density at radius 1 is 0.848 bits per heavy atom. The maximum Gasteiger partial charge on any atom is 0.289 e. The molecule has 2 amide bonds. The van der Waals surface area contributed by atoms with Gasteiger partial charge in [-0.15, -0.1) is 0 Å². The first kappa shape index (κ1) is 22.8. The van der Waals surface area contributed by atoms with Crippen molar-refractivity contribution < 1.29 is 22.4 Å². The van der Waals surface area contributed by atoms with Crippen LogP contribution in [0.15, 0.2) is 77.4 Å². The topological polar surface area (TPSA) is 99.9 Å². The van der Waals surface area contributed by atoms with Crippen molar-refractivity contribution in [3.8, 4) is 11.1 Å². The van der Waals surface area contributed by atoms with E-state index < -0.39 is 10.0 Å². The van der Waals surface area contributed by atoms with Crippen LogP contribution in [0.4, 0.5) is 0 Å². The van der Waals surface area contributed by atoms with Gasteiger partial charge >= 0.3 is 0 Å². The van der Waals surface area contributed by atoms with Gasteiger partial charge in [-0.05, 0) is 35.4 Å². The zero-order chi connectivity index (χ0) is 23.3. The number of furan rings is 1. The molecule has 2 aromatic carbocycles. The summed E-state index contributed by atoms with van der Waals surface area (Å²) in [5, 5.41) is 2.68. The van der Waals surface area contributed by atoms with Gasteiger partial charge in [-0.2, -0.15) is 4.31 Å². The summed E-state index contributed by atoms with van der Waals surface area (Å²) < 4.78 is 31.8. The lowest BCUT2D eigenvalue weighted by atomic mass is 10.0. The highest BCUT2D eigenvalue weighted by molar-refractivity contribution is 7.89. The van der Waals surface area contributed by atoms with Crippen LogP contribution in [0, 0.1) is 0 Å². The van der Waals surface area contributed by atoms with Crippen LogP contribution in [0.25, 0.3) is 11.1 Å². The van der Waals surface area contributed by atoms with Gasteiger partial charge in [-0.3, -0.25) is 9.59 Å². The van der Waals surface area contributed by atoms with E-state index in [1.54, 1.807) is 29.2 Å². The quantitative estimate of drug-likeness (QED) is 0.575. The minimum atomic E-state index is -3.55. The number of rotatable bonds is 7. The van der Waals surface area contributed by atoms with Crippen LogP contribution in [0.5, 0.6) is 0 Å². The van der Waals surface area contributed by atoms with Crippen molar-refractivity contribution in [3.63, 3.8) is 0 Å². The van der Waals surface area contributed by atoms with Crippen molar-refractivity contribution in [2.45, 2.75) is 0 Å². The molecule has 0 spiro atoms. The van der Waals surface area contributed by atoms with E-state index in [1.807, 2.05) is 42.5 Å². The van der Waals surface area contributed by atoms with Gasteiger partial charge in [0.25, 0.3) is 11.8 Å². The van der Waals surface area contributed by atoms with Gasteiger partial charge in [0.2, 0.25) is 10.0 Å². The number of piperazine rings is 1. The molecule has 1 aliphatic rings. The molecule has 4 rings (SSSR count). The zero-order valence-electron chi connectivity index (χ0n) is 18.0. The summed E-state index contributed by atoms with van der Waals surface area (Å²) >= 11 is 0. The van der Waals surface area contributed by atoms with Gasteiger partial charge in [0.15, 0.2) is 5.76 Å². The van der Waals surface area contributed by atoms with E-state index in [-0.39, 0.29) is 43.0 Å². The van der Waals surface area contributed by atoms with Gasteiger partial charge in [-0.1, -0.05) is 42.5 Å². The largest absolute Gasteiger partial charge is 0.459 e. The number of sulfonamides is 1. The second-order valence-corrected chi connectivity index (χ2v) is 9.77. The fourth-order valence-corrected chi connectivity index (χ4v) is 5.03. The minimum Gasteiger partial charge on any atom is -0.459 e. The van der Waals surface area contributed by atoms with Crippen molar-refractivity contribution >= 4 is 21.8 Å². The number of hydrogen-bond donors (Lipinski definition) is 1. The van der Waals surface area contributed by atoms with Crippen LogP contribution in [0.2, 0.25) is 0 Å². The number of carbonyl (C=O) groups excluding carboxylic acids is 2. The molecule has 1 aromatic heterocycles. The molecule has 0 atom stereocenters. The summed E-state index contributed by atoms with van der Waals surface area (Å²) in [6.45, 7) is 1.01. The molecule has 0 unspecified atom stereocenters. The Labute approximate surface area is 192 Å². The molecule has 1 fully saturated rings. The second-order valence-electron chi connectivity index (χ2n) is 7.68. The molecule has 3 aromatic rings. The molecule has 0 saturated carbocycles. The van der Waals surface area contributed by atoms with Crippen molar-refractivity contribution in [1.29, 1.82) is 0 Å². The Kier molecular flexibility index (Phi) is 6.90. The standard InChI is InChI=1S/C24H25N3O5S/c28-23(21-10-8-20(9-11-21)19-5-2-1-3-6-19)25-12-18-33(30,31)27-15-13-26(14-16-27)24(29)22-7-4-17-32-22/h1-11,17H,12-16,18H2,(H,25,28). The molecule has 9 heteroatoms. The lowest BCUT2D eigenvalue weighted by Gasteiger charge is -2.33. The van der Waals surface area contributed by atoms with E-state index in [4.69, 9.17) is 4.42 Å². The summed E-state index contributed by atoms with van der Waals surface area (Å²) in [7, 11) is -3.55. The molecule has 8 nitrogen and oxygen atoms in total. The molecular formula is C24H25N3O5S. The normalized spacial score (nSPS) is 14.7. The van der Waals surface area contributed by atoms with Crippen LogP contribution in [0.3, 0.4) is 0 Å². The molecule has 0 radical (unpaired) electrons. The van der Waals surface area contributed by atoms with E-state index in [0.29, 0.717) is 18.7 Å². The number of benzene rings is 2. The molecule has 0 aliphatic carbocycles.